The van der Waals surface area contributed by atoms with E-state index >= 15 is 0 Å². The summed E-state index contributed by atoms with van der Waals surface area (Å²) >= 11 is 0. The second-order valence-electron chi connectivity index (χ2n) is 10.1. The van der Waals surface area contributed by atoms with Gasteiger partial charge in [0.2, 0.25) is 0 Å². The largest absolute Gasteiger partial charge is 0.491 e. The van der Waals surface area contributed by atoms with Gasteiger partial charge in [0.05, 0.1) is 19.8 Å². The molecule has 10 nitrogen and oxygen atoms in total. The molecule has 1 aromatic carbocycles. The Kier molecular flexibility index (Phi) is 8.10. The number of benzene rings is 1. The summed E-state index contributed by atoms with van der Waals surface area (Å²) in [6.07, 6.45) is 3.55. The first-order valence-corrected chi connectivity index (χ1v) is 12.9. The first kappa shape index (κ1) is 27.6. The van der Waals surface area contributed by atoms with E-state index in [0.29, 0.717) is 40.2 Å². The maximum absolute atomic E-state index is 13.9. The van der Waals surface area contributed by atoms with Gasteiger partial charge in [-0.2, -0.15) is 4.89 Å². The molecule has 0 aromatic heterocycles. The van der Waals surface area contributed by atoms with Crippen molar-refractivity contribution in [3.63, 3.8) is 0 Å². The van der Waals surface area contributed by atoms with Crippen molar-refractivity contribution in [1.82, 2.24) is 0 Å². The maximum atomic E-state index is 13.9. The number of rotatable bonds is 8. The van der Waals surface area contributed by atoms with Gasteiger partial charge < -0.3 is 23.8 Å². The van der Waals surface area contributed by atoms with Gasteiger partial charge in [-0.25, -0.2) is 9.59 Å². The highest BCUT2D eigenvalue weighted by Crippen LogP contribution is 2.57. The van der Waals surface area contributed by atoms with Crippen molar-refractivity contribution in [2.75, 3.05) is 20.8 Å². The van der Waals surface area contributed by atoms with E-state index in [1.165, 1.54) is 13.2 Å². The molecule has 1 aromatic rings. The molecule has 4 rings (SSSR count). The molecule has 1 aliphatic carbocycles. The van der Waals surface area contributed by atoms with E-state index in [1.54, 1.807) is 6.07 Å². The number of hydrogen-bond acceptors (Lipinski definition) is 10. The summed E-state index contributed by atoms with van der Waals surface area (Å²) in [6.45, 7) is 5.76. The number of Topliss-reactive ketones (excluding diaryl/α,β-unsaturated/α-hetero) is 1. The molecule has 3 aliphatic rings. The van der Waals surface area contributed by atoms with Crippen molar-refractivity contribution in [2.45, 2.75) is 71.0 Å². The SMILES string of the molecule is CCCCCC(=O)O[C@@H]1c2cc3c(c4c2[C@](C(=O)C(=O)OC)(CO4)/C(=C/C(=O)OC)C[C@H](C)[C@@H]1C)COO3. The third kappa shape index (κ3) is 4.66. The van der Waals surface area contributed by atoms with Gasteiger partial charge >= 0.3 is 17.9 Å². The van der Waals surface area contributed by atoms with E-state index in [2.05, 4.69) is 6.92 Å². The second kappa shape index (κ2) is 11.1. The van der Waals surface area contributed by atoms with Crippen LogP contribution in [0.3, 0.4) is 0 Å². The lowest BCUT2D eigenvalue weighted by atomic mass is 9.63. The normalized spacial score (nSPS) is 26.2. The Balaban J connectivity index is 1.98. The minimum Gasteiger partial charge on any atom is -0.491 e. The Labute approximate surface area is 221 Å². The Morgan fingerprint density at radius 1 is 1.13 bits per heavy atom. The van der Waals surface area contributed by atoms with Gasteiger partial charge in [-0.3, -0.25) is 9.59 Å². The maximum Gasteiger partial charge on any atom is 0.375 e. The lowest BCUT2D eigenvalue weighted by Crippen LogP contribution is -2.47. The number of esters is 3. The van der Waals surface area contributed by atoms with Crippen LogP contribution >= 0.6 is 0 Å². The van der Waals surface area contributed by atoms with Crippen LogP contribution in [0.5, 0.6) is 11.5 Å². The highest BCUT2D eigenvalue weighted by Gasteiger charge is 2.58. The third-order valence-corrected chi connectivity index (χ3v) is 7.85. The Morgan fingerprint density at radius 3 is 2.58 bits per heavy atom. The van der Waals surface area contributed by atoms with E-state index < -0.39 is 29.2 Å². The van der Waals surface area contributed by atoms with Crippen LogP contribution in [0.2, 0.25) is 0 Å². The van der Waals surface area contributed by atoms with Gasteiger partial charge in [0.25, 0.3) is 5.78 Å². The van der Waals surface area contributed by atoms with Crippen molar-refractivity contribution in [3.8, 4) is 11.5 Å². The van der Waals surface area contributed by atoms with Gasteiger partial charge in [0, 0.05) is 29.5 Å². The predicted octanol–water partition coefficient (Wildman–Crippen LogP) is 3.82. The zero-order valence-corrected chi connectivity index (χ0v) is 22.4. The van der Waals surface area contributed by atoms with Crippen LogP contribution in [0.4, 0.5) is 0 Å². The molecule has 0 saturated carbocycles. The quantitative estimate of drug-likeness (QED) is 0.122. The Bertz CT molecular complexity index is 1170. The number of carbonyl (C=O) groups excluding carboxylic acids is 4. The zero-order valence-electron chi connectivity index (χ0n) is 22.4. The topological polar surface area (TPSA) is 124 Å². The molecular formula is C28H34O10. The molecule has 0 unspecified atom stereocenters. The summed E-state index contributed by atoms with van der Waals surface area (Å²) in [5.41, 5.74) is 0.0745. The van der Waals surface area contributed by atoms with Crippen LogP contribution in [0.25, 0.3) is 0 Å². The predicted molar refractivity (Wildman–Crippen MR) is 132 cm³/mol. The summed E-state index contributed by atoms with van der Waals surface area (Å²) in [5, 5.41) is 0. The summed E-state index contributed by atoms with van der Waals surface area (Å²) in [4.78, 5) is 62.7. The van der Waals surface area contributed by atoms with E-state index in [0.717, 1.165) is 20.0 Å². The number of carbonyl (C=O) groups is 4. The highest BCUT2D eigenvalue weighted by molar-refractivity contribution is 6.38. The minimum absolute atomic E-state index is 0.0594. The Morgan fingerprint density at radius 2 is 1.89 bits per heavy atom. The molecule has 2 heterocycles. The van der Waals surface area contributed by atoms with E-state index in [1.807, 2.05) is 13.8 Å². The smallest absolute Gasteiger partial charge is 0.375 e. The average molecular weight is 531 g/mol. The van der Waals surface area contributed by atoms with Crippen molar-refractivity contribution < 1.29 is 47.9 Å². The lowest BCUT2D eigenvalue weighted by molar-refractivity contribution is -0.194. The monoisotopic (exact) mass is 530 g/mol. The fraction of sp³-hybridized carbons (Fsp3) is 0.571. The van der Waals surface area contributed by atoms with E-state index in [9.17, 15) is 19.2 Å². The molecule has 0 N–H and O–H groups in total. The molecule has 4 atom stereocenters. The molecule has 0 bridgehead atoms. The molecular weight excluding hydrogens is 496 g/mol. The minimum atomic E-state index is -1.69. The molecule has 0 spiro atoms. The van der Waals surface area contributed by atoms with Crippen LogP contribution in [0, 0.1) is 11.8 Å². The van der Waals surface area contributed by atoms with Crippen molar-refractivity contribution in [2.24, 2.45) is 11.8 Å². The average Bonchev–Trinajstić information content (AvgIpc) is 3.54. The van der Waals surface area contributed by atoms with Crippen LogP contribution in [0.1, 0.15) is 75.7 Å². The van der Waals surface area contributed by atoms with E-state index in [4.69, 9.17) is 28.7 Å². The molecule has 0 amide bonds. The van der Waals surface area contributed by atoms with E-state index in [-0.39, 0.29) is 43.9 Å². The molecule has 0 fully saturated rings. The van der Waals surface area contributed by atoms with Gasteiger partial charge in [-0.05, 0) is 30.4 Å². The lowest BCUT2D eigenvalue weighted by Gasteiger charge is -2.39. The van der Waals surface area contributed by atoms with Gasteiger partial charge in [-0.15, -0.1) is 0 Å². The number of hydrogen-bond donors (Lipinski definition) is 0. The third-order valence-electron chi connectivity index (χ3n) is 7.85. The van der Waals surface area contributed by atoms with Crippen LogP contribution < -0.4 is 9.62 Å². The van der Waals surface area contributed by atoms with Crippen molar-refractivity contribution in [1.29, 1.82) is 0 Å². The number of methoxy groups -OCH3 is 2. The van der Waals surface area contributed by atoms with Gasteiger partial charge in [-0.1, -0.05) is 33.6 Å². The van der Waals surface area contributed by atoms with Crippen LogP contribution in [-0.2, 0) is 50.3 Å². The van der Waals surface area contributed by atoms with Gasteiger partial charge in [0.1, 0.15) is 30.5 Å². The summed E-state index contributed by atoms with van der Waals surface area (Å²) in [5.74, 6) is -2.70. The Hall–Kier alpha value is -3.40. The van der Waals surface area contributed by atoms with Gasteiger partial charge in [0.15, 0.2) is 5.75 Å². The molecule has 0 saturated heterocycles. The molecule has 2 aliphatic heterocycles. The first-order chi connectivity index (χ1) is 18.2. The van der Waals surface area contributed by atoms with Crippen molar-refractivity contribution >= 4 is 23.7 Å². The standard InChI is InChI=1S/C28H34O10/c1-6-7-8-9-21(29)37-24-16(3)15(2)10-17(11-22(30)33-4)28(26(31)27(32)34-5)14-35-25-19-13-36-38-20(19)12-18(24)23(25)28/h11-12,15-16,24H,6-10,13-14H2,1-5H3/b17-11+/t15-,16-,24-,28-/m0/s1. The number of unbranched alkanes of at least 4 members (excludes halogenated alkanes) is 2. The number of ketones is 1. The van der Waals surface area contributed by atoms with Crippen LogP contribution in [0.15, 0.2) is 17.7 Å². The fourth-order valence-corrected chi connectivity index (χ4v) is 5.54. The summed E-state index contributed by atoms with van der Waals surface area (Å²) in [7, 11) is 2.36. The van der Waals surface area contributed by atoms with Crippen molar-refractivity contribution in [3.05, 3.63) is 34.4 Å². The summed E-state index contributed by atoms with van der Waals surface area (Å²) in [6, 6.07) is 1.68. The molecule has 38 heavy (non-hydrogen) atoms. The summed E-state index contributed by atoms with van der Waals surface area (Å²) < 4.78 is 22.0. The zero-order chi connectivity index (χ0) is 27.6. The first-order valence-electron chi connectivity index (χ1n) is 12.9. The number of fused-ring (bicyclic) bond motifs is 2. The molecule has 0 radical (unpaired) electrons. The highest BCUT2D eigenvalue weighted by atomic mass is 17.2. The molecule has 206 valence electrons. The molecule has 10 heteroatoms. The number of ether oxygens (including phenoxy) is 4. The second-order valence-corrected chi connectivity index (χ2v) is 10.1. The fourth-order valence-electron chi connectivity index (χ4n) is 5.54. The van der Waals surface area contributed by atoms with Crippen LogP contribution in [-0.4, -0.2) is 44.5 Å².